The molecular formula is C15H19N3O3S. The van der Waals surface area contributed by atoms with Crippen LogP contribution in [0.25, 0.3) is 11.3 Å². The lowest BCUT2D eigenvalue weighted by Crippen LogP contribution is -2.42. The number of aliphatic hydroxyl groups is 1. The van der Waals surface area contributed by atoms with Gasteiger partial charge in [0.25, 0.3) is 0 Å². The van der Waals surface area contributed by atoms with E-state index in [4.69, 9.17) is 9.47 Å². The lowest BCUT2D eigenvalue weighted by atomic mass is 10.2. The number of hydrogen-bond acceptors (Lipinski definition) is 7. The van der Waals surface area contributed by atoms with Crippen molar-refractivity contribution in [2.75, 3.05) is 39.5 Å². The molecule has 2 heterocycles. The van der Waals surface area contributed by atoms with Gasteiger partial charge >= 0.3 is 0 Å². The maximum absolute atomic E-state index is 10.0. The van der Waals surface area contributed by atoms with Crippen LogP contribution < -0.4 is 4.74 Å². The summed E-state index contributed by atoms with van der Waals surface area (Å²) in [5.41, 5.74) is 1.87. The van der Waals surface area contributed by atoms with Crippen LogP contribution in [-0.4, -0.2) is 65.2 Å². The third-order valence-electron chi connectivity index (χ3n) is 3.53. The highest BCUT2D eigenvalue weighted by molar-refractivity contribution is 7.03. The normalized spacial score (nSPS) is 17.3. The molecule has 1 aromatic heterocycles. The highest BCUT2D eigenvalue weighted by Crippen LogP contribution is 2.21. The summed E-state index contributed by atoms with van der Waals surface area (Å²) in [6, 6.07) is 7.66. The topological polar surface area (TPSA) is 67.7 Å². The SMILES string of the molecule is OC(COc1ccc(-c2csnn2)cc1)CN1CCOCC1. The van der Waals surface area contributed by atoms with Crippen molar-refractivity contribution < 1.29 is 14.6 Å². The summed E-state index contributed by atoms with van der Waals surface area (Å²) in [6.45, 7) is 4.11. The van der Waals surface area contributed by atoms with Crippen molar-refractivity contribution in [1.82, 2.24) is 14.5 Å². The first-order chi connectivity index (χ1) is 10.8. The van der Waals surface area contributed by atoms with Gasteiger partial charge in [-0.1, -0.05) is 4.49 Å². The van der Waals surface area contributed by atoms with E-state index in [9.17, 15) is 5.11 Å². The third-order valence-corrected chi connectivity index (χ3v) is 4.03. The second-order valence-corrected chi connectivity index (χ2v) is 5.80. The van der Waals surface area contributed by atoms with Crippen LogP contribution in [0.4, 0.5) is 0 Å². The minimum Gasteiger partial charge on any atom is -0.491 e. The van der Waals surface area contributed by atoms with Crippen LogP contribution in [0.1, 0.15) is 0 Å². The zero-order chi connectivity index (χ0) is 15.2. The fourth-order valence-corrected chi connectivity index (χ4v) is 2.80. The number of hydrogen-bond donors (Lipinski definition) is 1. The summed E-state index contributed by atoms with van der Waals surface area (Å²) in [4.78, 5) is 2.19. The van der Waals surface area contributed by atoms with E-state index in [0.29, 0.717) is 6.54 Å². The Morgan fingerprint density at radius 2 is 2.05 bits per heavy atom. The molecule has 1 fully saturated rings. The summed E-state index contributed by atoms with van der Waals surface area (Å²) < 4.78 is 14.8. The number of nitrogens with zero attached hydrogens (tertiary/aromatic N) is 3. The molecule has 0 aliphatic carbocycles. The molecule has 1 unspecified atom stereocenters. The van der Waals surface area contributed by atoms with Gasteiger partial charge in [-0.2, -0.15) is 0 Å². The average Bonchev–Trinajstić information content (AvgIpc) is 3.09. The minimum absolute atomic E-state index is 0.287. The number of rotatable bonds is 6. The van der Waals surface area contributed by atoms with Crippen molar-refractivity contribution in [3.63, 3.8) is 0 Å². The Bertz CT molecular complexity index is 556. The van der Waals surface area contributed by atoms with Crippen LogP contribution in [0.5, 0.6) is 5.75 Å². The molecule has 0 bridgehead atoms. The van der Waals surface area contributed by atoms with E-state index in [1.807, 2.05) is 29.6 Å². The summed E-state index contributed by atoms with van der Waals surface area (Å²) in [5.74, 6) is 0.743. The minimum atomic E-state index is -0.500. The number of aromatic nitrogens is 2. The molecule has 1 aliphatic heterocycles. The van der Waals surface area contributed by atoms with Crippen molar-refractivity contribution in [2.45, 2.75) is 6.10 Å². The van der Waals surface area contributed by atoms with Gasteiger partial charge in [-0.05, 0) is 35.8 Å². The van der Waals surface area contributed by atoms with Crippen LogP contribution in [0, 0.1) is 0 Å². The molecule has 1 aromatic carbocycles. The fraction of sp³-hybridized carbons (Fsp3) is 0.467. The third kappa shape index (κ3) is 4.23. The predicted octanol–water partition coefficient (Wildman–Crippen LogP) is 1.28. The maximum atomic E-state index is 10.0. The van der Waals surface area contributed by atoms with Crippen molar-refractivity contribution in [1.29, 1.82) is 0 Å². The second-order valence-electron chi connectivity index (χ2n) is 5.19. The monoisotopic (exact) mass is 321 g/mol. The van der Waals surface area contributed by atoms with Gasteiger partial charge in [0.15, 0.2) is 0 Å². The molecule has 3 rings (SSSR count). The zero-order valence-electron chi connectivity index (χ0n) is 12.2. The van der Waals surface area contributed by atoms with E-state index < -0.39 is 6.10 Å². The molecule has 0 spiro atoms. The molecule has 1 aliphatic rings. The number of benzene rings is 1. The second kappa shape index (κ2) is 7.64. The predicted molar refractivity (Wildman–Crippen MR) is 84.1 cm³/mol. The van der Waals surface area contributed by atoms with E-state index in [2.05, 4.69) is 14.5 Å². The highest BCUT2D eigenvalue weighted by Gasteiger charge is 2.15. The van der Waals surface area contributed by atoms with Gasteiger partial charge in [0.1, 0.15) is 24.2 Å². The Morgan fingerprint density at radius 1 is 1.27 bits per heavy atom. The summed E-state index contributed by atoms with van der Waals surface area (Å²) in [6.07, 6.45) is -0.500. The van der Waals surface area contributed by atoms with Crippen molar-refractivity contribution in [3.8, 4) is 17.0 Å². The first-order valence-corrected chi connectivity index (χ1v) is 8.13. The number of β-amino-alcohol motifs (C(OH)–C–C–N with tert-alkyl or cyclic N) is 1. The molecule has 7 heteroatoms. The van der Waals surface area contributed by atoms with Crippen LogP contribution in [0.3, 0.4) is 0 Å². The number of ether oxygens (including phenoxy) is 2. The molecule has 118 valence electrons. The Hall–Kier alpha value is -1.54. The van der Waals surface area contributed by atoms with Gasteiger partial charge in [0.2, 0.25) is 0 Å². The van der Waals surface area contributed by atoms with Crippen LogP contribution in [-0.2, 0) is 4.74 Å². The van der Waals surface area contributed by atoms with Gasteiger partial charge in [0.05, 0.1) is 13.2 Å². The van der Waals surface area contributed by atoms with Crippen LogP contribution in [0.2, 0.25) is 0 Å². The van der Waals surface area contributed by atoms with E-state index in [-0.39, 0.29) is 6.61 Å². The van der Waals surface area contributed by atoms with Gasteiger partial charge in [0, 0.05) is 30.6 Å². The molecule has 22 heavy (non-hydrogen) atoms. The summed E-state index contributed by atoms with van der Waals surface area (Å²) >= 11 is 1.33. The molecule has 1 atom stereocenters. The summed E-state index contributed by atoms with van der Waals surface area (Å²) in [7, 11) is 0. The summed E-state index contributed by atoms with van der Waals surface area (Å²) in [5, 5.41) is 16.0. The fourth-order valence-electron chi connectivity index (χ4n) is 2.34. The molecule has 2 aromatic rings. The molecule has 1 saturated heterocycles. The quantitative estimate of drug-likeness (QED) is 0.864. The van der Waals surface area contributed by atoms with E-state index >= 15 is 0 Å². The first kappa shape index (κ1) is 15.4. The van der Waals surface area contributed by atoms with Gasteiger partial charge in [-0.15, -0.1) is 5.10 Å². The van der Waals surface area contributed by atoms with Crippen molar-refractivity contribution in [2.24, 2.45) is 0 Å². The Labute approximate surface area is 133 Å². The maximum Gasteiger partial charge on any atom is 0.119 e. The van der Waals surface area contributed by atoms with Crippen LogP contribution in [0.15, 0.2) is 29.6 Å². The average molecular weight is 321 g/mol. The van der Waals surface area contributed by atoms with Crippen molar-refractivity contribution >= 4 is 11.5 Å². The Kier molecular flexibility index (Phi) is 5.33. The molecule has 0 radical (unpaired) electrons. The van der Waals surface area contributed by atoms with E-state index in [0.717, 1.165) is 43.3 Å². The smallest absolute Gasteiger partial charge is 0.119 e. The van der Waals surface area contributed by atoms with Crippen molar-refractivity contribution in [3.05, 3.63) is 29.6 Å². The van der Waals surface area contributed by atoms with E-state index in [1.54, 1.807) is 0 Å². The lowest BCUT2D eigenvalue weighted by molar-refractivity contribution is 0.00466. The molecule has 0 saturated carbocycles. The Balaban J connectivity index is 1.46. The van der Waals surface area contributed by atoms with Crippen LogP contribution >= 0.6 is 11.5 Å². The zero-order valence-corrected chi connectivity index (χ0v) is 13.0. The number of morpholine rings is 1. The van der Waals surface area contributed by atoms with Gasteiger partial charge < -0.3 is 14.6 Å². The van der Waals surface area contributed by atoms with Gasteiger partial charge in [-0.25, -0.2) is 0 Å². The standard InChI is InChI=1S/C15H19N3O3S/c19-13(9-18-5-7-20-8-6-18)10-21-14-3-1-12(2-4-14)15-11-22-17-16-15/h1-4,11,13,19H,5-10H2. The molecule has 1 N–H and O–H groups in total. The van der Waals surface area contributed by atoms with E-state index in [1.165, 1.54) is 11.5 Å². The molecule has 6 nitrogen and oxygen atoms in total. The largest absolute Gasteiger partial charge is 0.491 e. The van der Waals surface area contributed by atoms with Gasteiger partial charge in [-0.3, -0.25) is 4.90 Å². The number of aliphatic hydroxyl groups excluding tert-OH is 1. The molecule has 0 amide bonds. The molecular weight excluding hydrogens is 302 g/mol. The Morgan fingerprint density at radius 3 is 2.73 bits per heavy atom. The first-order valence-electron chi connectivity index (χ1n) is 7.30. The highest BCUT2D eigenvalue weighted by atomic mass is 32.1. The lowest BCUT2D eigenvalue weighted by Gasteiger charge is -2.28.